The van der Waals surface area contributed by atoms with Crippen molar-refractivity contribution in [1.82, 2.24) is 4.90 Å². The van der Waals surface area contributed by atoms with Crippen LogP contribution in [-0.4, -0.2) is 48.8 Å². The molecule has 0 N–H and O–H groups in total. The Balaban J connectivity index is 1.50. The van der Waals surface area contributed by atoms with E-state index in [2.05, 4.69) is 59.3 Å². The number of benzene rings is 2. The van der Waals surface area contributed by atoms with Gasteiger partial charge in [-0.3, -0.25) is 19.0 Å². The van der Waals surface area contributed by atoms with E-state index in [1.54, 1.807) is 24.8 Å². The van der Waals surface area contributed by atoms with Crippen LogP contribution in [0.5, 0.6) is 5.75 Å². The first-order chi connectivity index (χ1) is 20.4. The number of likely N-dealkylation sites (tertiary alicyclic amines) is 1. The molecule has 0 aromatic heterocycles. The molecule has 7 heteroatoms. The molecule has 222 valence electrons. The molecule has 0 spiro atoms. The van der Waals surface area contributed by atoms with Gasteiger partial charge in [0.25, 0.3) is 0 Å². The van der Waals surface area contributed by atoms with E-state index in [0.717, 1.165) is 89.4 Å². The van der Waals surface area contributed by atoms with Crippen molar-refractivity contribution in [3.63, 3.8) is 0 Å². The molecule has 1 fully saturated rings. The van der Waals surface area contributed by atoms with Crippen LogP contribution in [0.3, 0.4) is 0 Å². The summed E-state index contributed by atoms with van der Waals surface area (Å²) in [4.78, 5) is 19.0. The molecule has 0 saturated carbocycles. The van der Waals surface area contributed by atoms with Gasteiger partial charge in [0.1, 0.15) is 17.6 Å². The largest absolute Gasteiger partial charge is 0.493 e. The van der Waals surface area contributed by atoms with E-state index in [0.29, 0.717) is 18.6 Å². The fourth-order valence-electron chi connectivity index (χ4n) is 6.07. The molecule has 1 heterocycles. The number of hydrogen-bond donors (Lipinski definition) is 0. The molecule has 2 aliphatic carbocycles. The van der Waals surface area contributed by atoms with Crippen molar-refractivity contribution in [2.75, 3.05) is 32.1 Å². The Hall–Kier alpha value is -3.16. The number of carbonyl (C=O) groups excluding carboxylic acids is 1. The van der Waals surface area contributed by atoms with Gasteiger partial charge in [-0.15, -0.1) is 11.8 Å². The van der Waals surface area contributed by atoms with Gasteiger partial charge in [-0.05, 0) is 109 Å². The molecule has 3 aliphatic rings. The molecular formula is C35H39F2NO3S. The molecular weight excluding hydrogens is 552 g/mol. The fraction of sp³-hybridized carbons (Fsp3) is 0.400. The van der Waals surface area contributed by atoms with E-state index in [9.17, 15) is 13.7 Å². The van der Waals surface area contributed by atoms with Crippen LogP contribution in [-0.2, 0) is 16.0 Å². The molecule has 0 amide bonds. The number of carbonyl (C=O) groups is 1. The number of hydrogen-bond acceptors (Lipinski definition) is 5. The molecule has 42 heavy (non-hydrogen) atoms. The monoisotopic (exact) mass is 591 g/mol. The summed E-state index contributed by atoms with van der Waals surface area (Å²) in [5.74, 6) is 1.78. The number of ether oxygens (including phenoxy) is 1. The summed E-state index contributed by atoms with van der Waals surface area (Å²) in [7, 11) is 0. The number of thioether (sulfide) groups is 1. The average molecular weight is 592 g/mol. The molecule has 1 saturated heterocycles. The van der Waals surface area contributed by atoms with Gasteiger partial charge in [0, 0.05) is 35.5 Å². The van der Waals surface area contributed by atoms with E-state index < -0.39 is 0 Å². The second kappa shape index (κ2) is 14.3. The summed E-state index contributed by atoms with van der Waals surface area (Å²) >= 11 is 1.58. The summed E-state index contributed by atoms with van der Waals surface area (Å²) in [6.07, 6.45) is 13.5. The first-order valence-electron chi connectivity index (χ1n) is 14.9. The Bertz CT molecular complexity index is 1430. The van der Waals surface area contributed by atoms with Gasteiger partial charge in [-0.1, -0.05) is 36.4 Å². The summed E-state index contributed by atoms with van der Waals surface area (Å²) in [5, 5.41) is 0. The van der Waals surface area contributed by atoms with Gasteiger partial charge < -0.3 is 4.74 Å². The number of Topliss-reactive ketones (excluding diaryl/α,β-unsaturated/α-hetero) is 1. The maximum atomic E-state index is 13.1. The van der Waals surface area contributed by atoms with Gasteiger partial charge in [0.15, 0.2) is 5.75 Å². The molecule has 2 aromatic rings. The number of fused-ring (bicyclic) bond motifs is 1. The molecule has 1 aliphatic heterocycles. The predicted molar refractivity (Wildman–Crippen MR) is 167 cm³/mol. The molecule has 5 rings (SSSR count). The lowest BCUT2D eigenvalue weighted by Gasteiger charge is -2.18. The van der Waals surface area contributed by atoms with Crippen molar-refractivity contribution < 1.29 is 23.4 Å². The predicted octanol–water partition coefficient (Wildman–Crippen LogP) is 8.41. The maximum Gasteiger partial charge on any atom is 0.172 e. The summed E-state index contributed by atoms with van der Waals surface area (Å²) in [6.45, 7) is 5.99. The number of rotatable bonds is 11. The van der Waals surface area contributed by atoms with E-state index in [4.69, 9.17) is 4.74 Å². The van der Waals surface area contributed by atoms with Gasteiger partial charge in [-0.25, -0.2) is 0 Å². The zero-order valence-corrected chi connectivity index (χ0v) is 25.3. The van der Waals surface area contributed by atoms with Gasteiger partial charge >= 0.3 is 0 Å². The Morgan fingerprint density at radius 3 is 2.81 bits per heavy atom. The van der Waals surface area contributed by atoms with Crippen LogP contribution in [0.1, 0.15) is 61.3 Å². The number of allylic oxidation sites excluding steroid dienone is 7. The highest BCUT2D eigenvalue weighted by Crippen LogP contribution is 2.42. The van der Waals surface area contributed by atoms with E-state index in [1.165, 1.54) is 5.57 Å². The first-order valence-corrected chi connectivity index (χ1v) is 15.8. The van der Waals surface area contributed by atoms with E-state index in [1.807, 2.05) is 12.1 Å². The quantitative estimate of drug-likeness (QED) is 0.245. The second-order valence-electron chi connectivity index (χ2n) is 11.3. The maximum absolute atomic E-state index is 13.1. The topological polar surface area (TPSA) is 38.8 Å². The molecule has 2 aromatic carbocycles. The van der Waals surface area contributed by atoms with Crippen molar-refractivity contribution in [1.29, 1.82) is 0 Å². The van der Waals surface area contributed by atoms with Gasteiger partial charge in [0.2, 0.25) is 0 Å². The minimum atomic E-state index is -0.281. The van der Waals surface area contributed by atoms with Crippen LogP contribution in [0.2, 0.25) is 0 Å². The summed E-state index contributed by atoms with van der Waals surface area (Å²) in [6, 6.07) is 12.0. The van der Waals surface area contributed by atoms with Crippen molar-refractivity contribution in [2.24, 2.45) is 0 Å². The van der Waals surface area contributed by atoms with Crippen LogP contribution >= 0.6 is 11.8 Å². The smallest absolute Gasteiger partial charge is 0.172 e. The lowest BCUT2D eigenvalue weighted by atomic mass is 9.87. The summed E-state index contributed by atoms with van der Waals surface area (Å²) < 4.78 is 32.2. The van der Waals surface area contributed by atoms with Crippen molar-refractivity contribution in [3.05, 3.63) is 94.3 Å². The minimum absolute atomic E-state index is 0.120. The molecule has 0 radical (unpaired) electrons. The highest BCUT2D eigenvalue weighted by Gasteiger charge is 2.25. The van der Waals surface area contributed by atoms with Gasteiger partial charge in [-0.2, -0.15) is 0 Å². The normalized spacial score (nSPS) is 19.1. The third-order valence-electron chi connectivity index (χ3n) is 8.07. The molecule has 4 nitrogen and oxygen atoms in total. The minimum Gasteiger partial charge on any atom is -0.493 e. The average Bonchev–Trinajstić information content (AvgIpc) is 3.18. The number of nitrogens with zero attached hydrogens (tertiary/aromatic N) is 1. The Labute approximate surface area is 252 Å². The molecule has 0 bridgehead atoms. The summed E-state index contributed by atoms with van der Waals surface area (Å²) in [5.41, 5.74) is 7.94. The SMILES string of the molecule is CC(=O)CSc1ccc(C2=C(C3=CC=C(O[C@H]4CCN(CCCF)C4)CC=C3)c3ccc(OF)cc3CCC2)cc1C. The highest BCUT2D eigenvalue weighted by molar-refractivity contribution is 8.00. The highest BCUT2D eigenvalue weighted by atomic mass is 32.2. The van der Waals surface area contributed by atoms with Crippen LogP contribution in [0, 0.1) is 6.92 Å². The third kappa shape index (κ3) is 7.42. The lowest BCUT2D eigenvalue weighted by Crippen LogP contribution is -2.24. The van der Waals surface area contributed by atoms with Gasteiger partial charge in [0.05, 0.1) is 12.4 Å². The lowest BCUT2D eigenvalue weighted by molar-refractivity contribution is -0.114. The molecule has 1 atom stereocenters. The molecule has 0 unspecified atom stereocenters. The van der Waals surface area contributed by atoms with E-state index in [-0.39, 0.29) is 24.3 Å². The first kappa shape index (κ1) is 30.3. The van der Waals surface area contributed by atoms with Crippen LogP contribution in [0.4, 0.5) is 8.92 Å². The number of halogens is 2. The Kier molecular flexibility index (Phi) is 10.3. The Morgan fingerprint density at radius 2 is 2.02 bits per heavy atom. The van der Waals surface area contributed by atoms with Crippen LogP contribution in [0.25, 0.3) is 11.1 Å². The van der Waals surface area contributed by atoms with Crippen LogP contribution < -0.4 is 4.94 Å². The van der Waals surface area contributed by atoms with E-state index >= 15 is 0 Å². The van der Waals surface area contributed by atoms with Crippen molar-refractivity contribution in [2.45, 2.75) is 63.4 Å². The number of ketones is 1. The zero-order chi connectivity index (χ0) is 29.5. The van der Waals surface area contributed by atoms with Crippen molar-refractivity contribution in [3.8, 4) is 5.75 Å². The standard InChI is InChI=1S/C35H39F2NO3S/c1-24-20-28(11-15-34(24)42-23-25(2)39)32-9-4-7-27-21-30(41-37)13-14-33(27)35(32)26-6-3-8-29(12-10-26)40-31-16-19-38(22-31)18-5-17-36/h3,6,10-15,20-21,31H,4-5,7-9,16-19,22-23H2,1-2H3/t31-/m0/s1. The zero-order valence-electron chi connectivity index (χ0n) is 24.5. The number of alkyl halides is 1. The number of aryl methyl sites for hydroxylation is 2. The fourth-order valence-corrected chi connectivity index (χ4v) is 6.87. The van der Waals surface area contributed by atoms with Crippen molar-refractivity contribution >= 4 is 28.7 Å². The third-order valence-corrected chi connectivity index (χ3v) is 9.39. The second-order valence-corrected chi connectivity index (χ2v) is 12.3. The Morgan fingerprint density at radius 1 is 1.14 bits per heavy atom. The van der Waals surface area contributed by atoms with Crippen LogP contribution in [0.15, 0.2) is 76.9 Å².